The van der Waals surface area contributed by atoms with E-state index < -0.39 is 0 Å². The zero-order chi connectivity index (χ0) is 17.4. The van der Waals surface area contributed by atoms with Gasteiger partial charge in [-0.1, -0.05) is 38.3 Å². The van der Waals surface area contributed by atoms with Gasteiger partial charge in [-0.3, -0.25) is 0 Å². The van der Waals surface area contributed by atoms with Gasteiger partial charge in [0.05, 0.1) is 12.2 Å². The lowest BCUT2D eigenvalue weighted by molar-refractivity contribution is 0.0716. The van der Waals surface area contributed by atoms with Gasteiger partial charge in [-0.2, -0.15) is 0 Å². The van der Waals surface area contributed by atoms with Crippen molar-refractivity contribution in [2.75, 3.05) is 0 Å². The Morgan fingerprint density at radius 1 is 1.12 bits per heavy atom. The van der Waals surface area contributed by atoms with E-state index >= 15 is 0 Å². The second-order valence-corrected chi connectivity index (χ2v) is 7.40. The first-order valence-corrected chi connectivity index (χ1v) is 9.77. The molecule has 0 saturated carbocycles. The third kappa shape index (κ3) is 5.78. The smallest absolute Gasteiger partial charge is 0.119 e. The molecule has 3 nitrogen and oxygen atoms in total. The van der Waals surface area contributed by atoms with E-state index in [-0.39, 0.29) is 18.1 Å². The number of aliphatic hydroxyl groups is 2. The summed E-state index contributed by atoms with van der Waals surface area (Å²) >= 11 is 0. The van der Waals surface area contributed by atoms with Crippen molar-refractivity contribution in [1.29, 1.82) is 0 Å². The van der Waals surface area contributed by atoms with Crippen LogP contribution in [0.15, 0.2) is 18.2 Å². The molecule has 0 spiro atoms. The van der Waals surface area contributed by atoms with Crippen molar-refractivity contribution in [2.45, 2.75) is 89.8 Å². The fourth-order valence-electron chi connectivity index (χ4n) is 3.92. The van der Waals surface area contributed by atoms with Gasteiger partial charge in [0.1, 0.15) is 5.75 Å². The van der Waals surface area contributed by atoms with Gasteiger partial charge >= 0.3 is 0 Å². The highest BCUT2D eigenvalue weighted by Crippen LogP contribution is 2.31. The van der Waals surface area contributed by atoms with E-state index in [0.717, 1.165) is 63.4 Å². The molecule has 2 rings (SSSR count). The molecule has 0 aliphatic heterocycles. The monoisotopic (exact) mass is 334 g/mol. The molecule has 0 amide bonds. The Bertz CT molecular complexity index is 486. The highest BCUT2D eigenvalue weighted by molar-refractivity contribution is 5.39. The third-order valence-corrected chi connectivity index (χ3v) is 5.52. The van der Waals surface area contributed by atoms with Crippen LogP contribution in [0.25, 0.3) is 0 Å². The molecule has 1 aromatic rings. The number of phenols is 1. The van der Waals surface area contributed by atoms with Crippen molar-refractivity contribution in [3.8, 4) is 5.75 Å². The van der Waals surface area contributed by atoms with Gasteiger partial charge in [-0.05, 0) is 74.5 Å². The summed E-state index contributed by atoms with van der Waals surface area (Å²) < 4.78 is 0. The van der Waals surface area contributed by atoms with Crippen molar-refractivity contribution >= 4 is 0 Å². The molecule has 0 aromatic heterocycles. The van der Waals surface area contributed by atoms with E-state index in [0.29, 0.717) is 5.75 Å². The number of aliphatic hydroxyl groups excluding tert-OH is 2. The maximum Gasteiger partial charge on any atom is 0.119 e. The van der Waals surface area contributed by atoms with Crippen molar-refractivity contribution in [3.63, 3.8) is 0 Å². The van der Waals surface area contributed by atoms with E-state index in [2.05, 4.69) is 13.0 Å². The number of hydrogen-bond donors (Lipinski definition) is 3. The summed E-state index contributed by atoms with van der Waals surface area (Å²) in [6, 6.07) is 5.77. The topological polar surface area (TPSA) is 60.7 Å². The molecule has 24 heavy (non-hydrogen) atoms. The maximum absolute atomic E-state index is 10.5. The zero-order valence-corrected chi connectivity index (χ0v) is 15.1. The number of aryl methyl sites for hydroxylation is 1. The lowest BCUT2D eigenvalue weighted by Crippen LogP contribution is -2.22. The second-order valence-electron chi connectivity index (χ2n) is 7.40. The van der Waals surface area contributed by atoms with Gasteiger partial charge in [0, 0.05) is 0 Å². The number of phenolic OH excluding ortho intramolecular Hbond substituents is 1. The minimum absolute atomic E-state index is 0.229. The van der Waals surface area contributed by atoms with Crippen LogP contribution in [0, 0.1) is 5.92 Å². The fourth-order valence-corrected chi connectivity index (χ4v) is 3.92. The minimum atomic E-state index is -0.288. The molecule has 0 fully saturated rings. The number of rotatable bonds is 7. The number of unbranched alkanes of at least 4 members (excludes halogenated alkanes) is 2. The lowest BCUT2D eigenvalue weighted by Gasteiger charge is -2.23. The standard InChI is InChI=1S/C21H34O3/c1-2-3-4-8-18(22)15-14-17-13-12-16-7-5-11-21(24)19(16)9-6-10-20(17)23/h5,7,11,17-18,20,22-24H,2-4,6,8-10,12-15H2,1H3. The van der Waals surface area contributed by atoms with Crippen LogP contribution in [0.1, 0.15) is 75.8 Å². The minimum Gasteiger partial charge on any atom is -0.508 e. The fraction of sp³-hybridized carbons (Fsp3) is 0.714. The van der Waals surface area contributed by atoms with Crippen LogP contribution >= 0.6 is 0 Å². The molecule has 1 aromatic carbocycles. The van der Waals surface area contributed by atoms with Crippen LogP contribution in [0.4, 0.5) is 0 Å². The quantitative estimate of drug-likeness (QED) is 0.649. The van der Waals surface area contributed by atoms with Crippen LogP contribution in [-0.2, 0) is 12.8 Å². The largest absolute Gasteiger partial charge is 0.508 e. The molecule has 0 saturated heterocycles. The summed E-state index contributed by atoms with van der Waals surface area (Å²) in [5.74, 6) is 0.644. The Morgan fingerprint density at radius 2 is 1.96 bits per heavy atom. The summed E-state index contributed by atoms with van der Waals surface area (Å²) in [6.45, 7) is 2.18. The molecule has 0 bridgehead atoms. The highest BCUT2D eigenvalue weighted by Gasteiger charge is 2.23. The van der Waals surface area contributed by atoms with Crippen LogP contribution in [0.5, 0.6) is 5.75 Å². The van der Waals surface area contributed by atoms with Crippen molar-refractivity contribution in [2.24, 2.45) is 5.92 Å². The second kappa shape index (κ2) is 10.0. The first kappa shape index (κ1) is 19.3. The molecule has 136 valence electrons. The molecule has 1 aliphatic carbocycles. The SMILES string of the molecule is CCCCCC(O)CCC1CCc2cccc(O)c2CCCC1O. The van der Waals surface area contributed by atoms with Gasteiger partial charge in [0.15, 0.2) is 0 Å². The van der Waals surface area contributed by atoms with Gasteiger partial charge in [-0.15, -0.1) is 0 Å². The van der Waals surface area contributed by atoms with Gasteiger partial charge < -0.3 is 15.3 Å². The highest BCUT2D eigenvalue weighted by atomic mass is 16.3. The van der Waals surface area contributed by atoms with Crippen molar-refractivity contribution in [3.05, 3.63) is 29.3 Å². The molecule has 0 radical (unpaired) electrons. The molecular weight excluding hydrogens is 300 g/mol. The van der Waals surface area contributed by atoms with E-state index in [4.69, 9.17) is 0 Å². The van der Waals surface area contributed by atoms with E-state index in [1.165, 1.54) is 18.4 Å². The molecule has 3 heteroatoms. The molecule has 3 atom stereocenters. The Balaban J connectivity index is 1.90. The van der Waals surface area contributed by atoms with Crippen LogP contribution in [-0.4, -0.2) is 27.5 Å². The summed E-state index contributed by atoms with van der Waals surface area (Å²) in [5, 5.41) is 30.8. The van der Waals surface area contributed by atoms with Crippen LogP contribution in [0.3, 0.4) is 0 Å². The van der Waals surface area contributed by atoms with Crippen LogP contribution in [0.2, 0.25) is 0 Å². The summed E-state index contributed by atoms with van der Waals surface area (Å²) in [7, 11) is 0. The third-order valence-electron chi connectivity index (χ3n) is 5.52. The van der Waals surface area contributed by atoms with Crippen LogP contribution < -0.4 is 0 Å². The normalized spacial score (nSPS) is 23.0. The Kier molecular flexibility index (Phi) is 8.07. The molecule has 3 unspecified atom stereocenters. The number of benzene rings is 1. The summed E-state index contributed by atoms with van der Waals surface area (Å²) in [5.41, 5.74) is 2.28. The number of fused-ring (bicyclic) bond motifs is 1. The lowest BCUT2D eigenvalue weighted by atomic mass is 9.87. The van der Waals surface area contributed by atoms with Gasteiger partial charge in [0.25, 0.3) is 0 Å². The summed E-state index contributed by atoms with van der Waals surface area (Å²) in [6.07, 6.45) is 9.86. The number of hydrogen-bond acceptors (Lipinski definition) is 3. The molecule has 1 aliphatic rings. The zero-order valence-electron chi connectivity index (χ0n) is 15.1. The average Bonchev–Trinajstić information content (AvgIpc) is 2.64. The predicted molar refractivity (Wildman–Crippen MR) is 98.2 cm³/mol. The Morgan fingerprint density at radius 3 is 2.75 bits per heavy atom. The van der Waals surface area contributed by atoms with E-state index in [9.17, 15) is 15.3 Å². The van der Waals surface area contributed by atoms with E-state index in [1.54, 1.807) is 6.07 Å². The van der Waals surface area contributed by atoms with Gasteiger partial charge in [0.2, 0.25) is 0 Å². The first-order chi connectivity index (χ1) is 11.6. The summed E-state index contributed by atoms with van der Waals surface area (Å²) in [4.78, 5) is 0. The maximum atomic E-state index is 10.5. The first-order valence-electron chi connectivity index (χ1n) is 9.77. The Hall–Kier alpha value is -1.06. The average molecular weight is 335 g/mol. The van der Waals surface area contributed by atoms with Crippen molar-refractivity contribution in [1.82, 2.24) is 0 Å². The van der Waals surface area contributed by atoms with E-state index in [1.807, 2.05) is 6.07 Å². The van der Waals surface area contributed by atoms with Crippen molar-refractivity contribution < 1.29 is 15.3 Å². The molecule has 0 heterocycles. The molecule has 3 N–H and O–H groups in total. The Labute approximate surface area is 146 Å². The van der Waals surface area contributed by atoms with Gasteiger partial charge in [-0.25, -0.2) is 0 Å². The number of aromatic hydroxyl groups is 1. The predicted octanol–water partition coefficient (Wildman–Crippen LogP) is 4.36. The molecular formula is C21H34O3.